The fourth-order valence-electron chi connectivity index (χ4n) is 3.17. The Balaban J connectivity index is 2.12. The van der Waals surface area contributed by atoms with Gasteiger partial charge in [0.05, 0.1) is 17.6 Å². The van der Waals surface area contributed by atoms with Crippen molar-refractivity contribution in [2.24, 2.45) is 5.41 Å². The summed E-state index contributed by atoms with van der Waals surface area (Å²) in [6.07, 6.45) is 0. The summed E-state index contributed by atoms with van der Waals surface area (Å²) in [5.74, 6) is -1.87. The number of benzene rings is 2. The average Bonchev–Trinajstić information content (AvgIpc) is 2.77. The maximum atomic E-state index is 13.4. The predicted molar refractivity (Wildman–Crippen MR) is 130 cm³/mol. The van der Waals surface area contributed by atoms with Gasteiger partial charge < -0.3 is 20.8 Å². The molecule has 0 saturated heterocycles. The molecule has 11 nitrogen and oxygen atoms in total. The first-order chi connectivity index (χ1) is 16.4. The topological polar surface area (TPSA) is 156 Å². The number of carboxylic acids is 1. The van der Waals surface area contributed by atoms with E-state index in [9.17, 15) is 29.4 Å². The zero-order valence-corrected chi connectivity index (χ0v) is 20.0. The van der Waals surface area contributed by atoms with E-state index in [0.29, 0.717) is 16.3 Å². The highest BCUT2D eigenvalue weighted by atomic mass is 35.5. The standard InChI is InChI=1S/C23H24ClN5O6/c1-13(30)25-17-10-16(8-9-18(17)31)26-20-27-21(34)29(12-23(2,3)19(32)33)22(35)28(20)11-14-4-6-15(24)7-5-14/h4-10,31H,11-12H2,1-3H3,(H,25,30)(H,32,33)(H,26,27,34). The maximum Gasteiger partial charge on any atom is 0.354 e. The number of nitrogens with zero attached hydrogens (tertiary/aromatic N) is 3. The Hall–Kier alpha value is -4.12. The Labute approximate surface area is 204 Å². The number of nitrogens with one attached hydrogen (secondary N) is 2. The summed E-state index contributed by atoms with van der Waals surface area (Å²) < 4.78 is 1.96. The Morgan fingerprint density at radius 1 is 1.09 bits per heavy atom. The van der Waals surface area contributed by atoms with E-state index >= 15 is 0 Å². The number of hydrogen-bond donors (Lipinski definition) is 4. The van der Waals surface area contributed by atoms with Crippen LogP contribution in [-0.2, 0) is 22.7 Å². The zero-order chi connectivity index (χ0) is 25.9. The molecule has 1 amide bonds. The largest absolute Gasteiger partial charge is 0.506 e. The number of aromatic hydroxyl groups is 1. The first-order valence-corrected chi connectivity index (χ1v) is 10.8. The van der Waals surface area contributed by atoms with Gasteiger partial charge in [-0.05, 0) is 49.7 Å². The average molecular weight is 502 g/mol. The molecule has 0 atom stereocenters. The number of anilines is 3. The van der Waals surface area contributed by atoms with Crippen molar-refractivity contribution in [1.29, 1.82) is 0 Å². The normalized spacial score (nSPS) is 11.2. The van der Waals surface area contributed by atoms with Gasteiger partial charge in [-0.1, -0.05) is 23.7 Å². The molecule has 0 saturated carbocycles. The lowest BCUT2D eigenvalue weighted by molar-refractivity contribution is -0.147. The summed E-state index contributed by atoms with van der Waals surface area (Å²) >= 11 is 5.95. The number of carbonyl (C=O) groups excluding carboxylic acids is 1. The van der Waals surface area contributed by atoms with Crippen LogP contribution < -0.4 is 22.0 Å². The van der Waals surface area contributed by atoms with Crippen molar-refractivity contribution in [3.8, 4) is 5.75 Å². The molecule has 0 spiro atoms. The van der Waals surface area contributed by atoms with E-state index in [1.807, 2.05) is 0 Å². The minimum Gasteiger partial charge on any atom is -0.506 e. The monoisotopic (exact) mass is 501 g/mol. The highest BCUT2D eigenvalue weighted by Gasteiger charge is 2.30. The number of phenolic OH excluding ortho intramolecular Hbond substituents is 1. The Morgan fingerprint density at radius 3 is 2.34 bits per heavy atom. The molecule has 4 N–H and O–H groups in total. The number of carboxylic acid groups (broad SMARTS) is 1. The van der Waals surface area contributed by atoms with Crippen molar-refractivity contribution in [2.45, 2.75) is 33.9 Å². The molecule has 0 bridgehead atoms. The highest BCUT2D eigenvalue weighted by Crippen LogP contribution is 2.28. The van der Waals surface area contributed by atoms with Gasteiger partial charge in [-0.15, -0.1) is 0 Å². The molecule has 0 aliphatic rings. The van der Waals surface area contributed by atoms with E-state index in [1.54, 1.807) is 24.3 Å². The van der Waals surface area contributed by atoms with Crippen LogP contribution in [0.3, 0.4) is 0 Å². The summed E-state index contributed by atoms with van der Waals surface area (Å²) in [5.41, 5.74) is -1.98. The molecule has 1 heterocycles. The van der Waals surface area contributed by atoms with Crippen LogP contribution in [-0.4, -0.2) is 36.2 Å². The van der Waals surface area contributed by atoms with E-state index in [4.69, 9.17) is 11.6 Å². The number of halogens is 1. The molecule has 35 heavy (non-hydrogen) atoms. The van der Waals surface area contributed by atoms with Crippen molar-refractivity contribution < 1.29 is 19.8 Å². The molecule has 12 heteroatoms. The molecule has 3 rings (SSSR count). The van der Waals surface area contributed by atoms with Gasteiger partial charge in [-0.2, -0.15) is 4.98 Å². The molecule has 0 radical (unpaired) electrons. The van der Waals surface area contributed by atoms with Crippen LogP contribution in [0.15, 0.2) is 52.1 Å². The molecule has 1 aromatic heterocycles. The van der Waals surface area contributed by atoms with Crippen molar-refractivity contribution in [3.63, 3.8) is 0 Å². The quantitative estimate of drug-likeness (QED) is 0.271. The zero-order valence-electron chi connectivity index (χ0n) is 19.2. The summed E-state index contributed by atoms with van der Waals surface area (Å²) in [4.78, 5) is 53.1. The molecular formula is C23H24ClN5O6. The van der Waals surface area contributed by atoms with Gasteiger partial charge in [0.25, 0.3) is 0 Å². The van der Waals surface area contributed by atoms with Crippen LogP contribution in [0.25, 0.3) is 0 Å². The van der Waals surface area contributed by atoms with Gasteiger partial charge in [-0.3, -0.25) is 14.2 Å². The van der Waals surface area contributed by atoms with E-state index in [2.05, 4.69) is 15.6 Å². The third-order valence-corrected chi connectivity index (χ3v) is 5.35. The van der Waals surface area contributed by atoms with Crippen LogP contribution in [0, 0.1) is 5.41 Å². The molecule has 3 aromatic rings. The summed E-state index contributed by atoms with van der Waals surface area (Å²) in [5, 5.41) is 25.3. The summed E-state index contributed by atoms with van der Waals surface area (Å²) in [6.45, 7) is 3.69. The van der Waals surface area contributed by atoms with Gasteiger partial charge in [-0.25, -0.2) is 14.2 Å². The lowest BCUT2D eigenvalue weighted by atomic mass is 9.94. The SMILES string of the molecule is CC(=O)Nc1cc(Nc2nc(=O)n(CC(C)(C)C(=O)O)c(=O)n2Cc2ccc(Cl)cc2)ccc1O. The molecular weight excluding hydrogens is 478 g/mol. The first kappa shape index (κ1) is 25.5. The second kappa shape index (κ2) is 10.0. The summed E-state index contributed by atoms with van der Waals surface area (Å²) in [6, 6.07) is 10.9. The van der Waals surface area contributed by atoms with Crippen molar-refractivity contribution >= 4 is 40.8 Å². The molecule has 0 aliphatic heterocycles. The Bertz CT molecular complexity index is 1390. The fourth-order valence-corrected chi connectivity index (χ4v) is 3.30. The Morgan fingerprint density at radius 2 is 1.74 bits per heavy atom. The van der Waals surface area contributed by atoms with Gasteiger partial charge >= 0.3 is 17.3 Å². The second-order valence-corrected chi connectivity index (χ2v) is 8.96. The van der Waals surface area contributed by atoms with Crippen molar-refractivity contribution in [1.82, 2.24) is 14.1 Å². The molecule has 2 aromatic carbocycles. The van der Waals surface area contributed by atoms with Gasteiger partial charge in [0, 0.05) is 24.2 Å². The molecule has 0 unspecified atom stereocenters. The number of phenols is 1. The van der Waals surface area contributed by atoms with Crippen LogP contribution in [0.1, 0.15) is 26.3 Å². The van der Waals surface area contributed by atoms with E-state index in [0.717, 1.165) is 4.57 Å². The lowest BCUT2D eigenvalue weighted by Crippen LogP contribution is -2.46. The number of hydrogen-bond acceptors (Lipinski definition) is 7. The van der Waals surface area contributed by atoms with Crippen LogP contribution in [0.2, 0.25) is 5.02 Å². The molecule has 0 fully saturated rings. The number of rotatable bonds is 8. The van der Waals surface area contributed by atoms with E-state index in [1.165, 1.54) is 43.5 Å². The summed E-state index contributed by atoms with van der Waals surface area (Å²) in [7, 11) is 0. The van der Waals surface area contributed by atoms with Crippen LogP contribution in [0.4, 0.5) is 17.3 Å². The predicted octanol–water partition coefficient (Wildman–Crippen LogP) is 2.63. The van der Waals surface area contributed by atoms with E-state index < -0.39 is 28.7 Å². The minimum atomic E-state index is -1.40. The van der Waals surface area contributed by atoms with E-state index in [-0.39, 0.29) is 30.5 Å². The molecule has 184 valence electrons. The number of amides is 1. The Kier molecular flexibility index (Phi) is 7.30. The van der Waals surface area contributed by atoms with Gasteiger partial charge in [0.1, 0.15) is 5.75 Å². The smallest absolute Gasteiger partial charge is 0.354 e. The first-order valence-electron chi connectivity index (χ1n) is 10.4. The van der Waals surface area contributed by atoms with Crippen LogP contribution >= 0.6 is 11.6 Å². The minimum absolute atomic E-state index is 0.00421. The van der Waals surface area contributed by atoms with Crippen molar-refractivity contribution in [3.05, 3.63) is 74.0 Å². The number of aromatic nitrogens is 3. The van der Waals surface area contributed by atoms with Crippen LogP contribution in [0.5, 0.6) is 5.75 Å². The van der Waals surface area contributed by atoms with Gasteiger partial charge in [0.2, 0.25) is 11.9 Å². The number of carbonyl (C=O) groups is 2. The lowest BCUT2D eigenvalue weighted by Gasteiger charge is -2.21. The molecule has 0 aliphatic carbocycles. The second-order valence-electron chi connectivity index (χ2n) is 8.53. The third kappa shape index (κ3) is 6.07. The fraction of sp³-hybridized carbons (Fsp3) is 0.261. The van der Waals surface area contributed by atoms with Gasteiger partial charge in [0.15, 0.2) is 0 Å². The number of aliphatic carboxylic acids is 1. The third-order valence-electron chi connectivity index (χ3n) is 5.10. The van der Waals surface area contributed by atoms with Crippen molar-refractivity contribution in [2.75, 3.05) is 10.6 Å². The maximum absolute atomic E-state index is 13.4. The highest BCUT2D eigenvalue weighted by molar-refractivity contribution is 6.30.